The number of likely N-dealkylation sites (N-methyl/N-ethyl adjacent to an activating group) is 1. The van der Waals surface area contributed by atoms with E-state index in [-0.39, 0.29) is 5.54 Å². The van der Waals surface area contributed by atoms with Gasteiger partial charge in [-0.2, -0.15) is 0 Å². The second kappa shape index (κ2) is 4.90. The van der Waals surface area contributed by atoms with Crippen molar-refractivity contribution < 1.29 is 5.11 Å². The van der Waals surface area contributed by atoms with E-state index in [1.54, 1.807) is 6.07 Å². The zero-order valence-electron chi connectivity index (χ0n) is 11.8. The van der Waals surface area contributed by atoms with Crippen molar-refractivity contribution in [2.45, 2.75) is 38.3 Å². The number of hydrogen-bond acceptors (Lipinski definition) is 3. The largest absolute Gasteiger partial charge is 0.508 e. The normalized spacial score (nSPS) is 19.3. The van der Waals surface area contributed by atoms with Crippen LogP contribution in [0.5, 0.6) is 5.75 Å². The summed E-state index contributed by atoms with van der Waals surface area (Å²) in [6.45, 7) is 5.41. The summed E-state index contributed by atoms with van der Waals surface area (Å²) < 4.78 is 0. The number of rotatable bonds is 4. The molecule has 3 nitrogen and oxygen atoms in total. The summed E-state index contributed by atoms with van der Waals surface area (Å²) >= 11 is 0. The number of benzene rings is 1. The second-order valence-corrected chi connectivity index (χ2v) is 6.02. The van der Waals surface area contributed by atoms with E-state index in [0.29, 0.717) is 11.8 Å². The topological polar surface area (TPSA) is 35.5 Å². The van der Waals surface area contributed by atoms with Gasteiger partial charge in [0, 0.05) is 18.1 Å². The summed E-state index contributed by atoms with van der Waals surface area (Å²) in [5.41, 5.74) is 2.53. The summed E-state index contributed by atoms with van der Waals surface area (Å²) in [5, 5.41) is 13.5. The molecule has 0 bridgehead atoms. The minimum Gasteiger partial charge on any atom is -0.508 e. The van der Waals surface area contributed by atoms with Crippen LogP contribution in [-0.4, -0.2) is 36.2 Å². The Bertz CT molecular complexity index is 427. The molecule has 100 valence electrons. The molecule has 3 heteroatoms. The third-order valence-corrected chi connectivity index (χ3v) is 4.24. The van der Waals surface area contributed by atoms with Crippen LogP contribution in [0.3, 0.4) is 0 Å². The predicted octanol–water partition coefficient (Wildman–Crippen LogP) is 2.31. The van der Waals surface area contributed by atoms with Crippen molar-refractivity contribution in [3.05, 3.63) is 29.3 Å². The molecule has 1 unspecified atom stereocenters. The van der Waals surface area contributed by atoms with Gasteiger partial charge in [0.25, 0.3) is 0 Å². The van der Waals surface area contributed by atoms with E-state index in [2.05, 4.69) is 44.2 Å². The first-order valence-corrected chi connectivity index (χ1v) is 6.63. The van der Waals surface area contributed by atoms with Gasteiger partial charge in [-0.25, -0.2) is 0 Å². The Balaban J connectivity index is 2.05. The zero-order valence-corrected chi connectivity index (χ0v) is 11.8. The van der Waals surface area contributed by atoms with Crippen LogP contribution in [-0.2, 0) is 6.42 Å². The lowest BCUT2D eigenvalue weighted by molar-refractivity contribution is 0.184. The Hall–Kier alpha value is -1.06. The molecule has 0 fully saturated rings. The Labute approximate surface area is 110 Å². The molecule has 0 spiro atoms. The lowest BCUT2D eigenvalue weighted by Gasteiger charge is -2.34. The molecule has 1 atom stereocenters. The van der Waals surface area contributed by atoms with Gasteiger partial charge in [0.2, 0.25) is 0 Å². The van der Waals surface area contributed by atoms with Gasteiger partial charge < -0.3 is 15.3 Å². The van der Waals surface area contributed by atoms with Gasteiger partial charge in [0.1, 0.15) is 5.75 Å². The number of nitrogens with one attached hydrogen (secondary N) is 1. The molecule has 0 saturated carbocycles. The number of fused-ring (bicyclic) bond motifs is 1. The Morgan fingerprint density at radius 1 is 1.39 bits per heavy atom. The van der Waals surface area contributed by atoms with Crippen LogP contribution >= 0.6 is 0 Å². The fourth-order valence-corrected chi connectivity index (χ4v) is 2.38. The molecular formula is C15H24N2O. The van der Waals surface area contributed by atoms with Crippen LogP contribution in [0.1, 0.15) is 37.4 Å². The minimum atomic E-state index is 0.138. The molecular weight excluding hydrogens is 224 g/mol. The molecule has 0 amide bonds. The average molecular weight is 248 g/mol. The molecule has 1 aromatic carbocycles. The summed E-state index contributed by atoms with van der Waals surface area (Å²) in [5.74, 6) is 0.448. The number of phenolic OH excluding ortho intramolecular Hbond substituents is 1. The van der Waals surface area contributed by atoms with Crippen molar-refractivity contribution in [3.63, 3.8) is 0 Å². The number of hydrogen-bond donors (Lipinski definition) is 2. The second-order valence-electron chi connectivity index (χ2n) is 6.02. The van der Waals surface area contributed by atoms with Gasteiger partial charge in [0.05, 0.1) is 0 Å². The Morgan fingerprint density at radius 3 is 2.78 bits per heavy atom. The van der Waals surface area contributed by atoms with Crippen LogP contribution in [0.2, 0.25) is 0 Å². The van der Waals surface area contributed by atoms with Crippen LogP contribution in [0.25, 0.3) is 0 Å². The molecule has 0 saturated heterocycles. The third-order valence-electron chi connectivity index (χ3n) is 4.24. The first-order chi connectivity index (χ1) is 8.42. The van der Waals surface area contributed by atoms with Gasteiger partial charge >= 0.3 is 0 Å². The van der Waals surface area contributed by atoms with E-state index < -0.39 is 0 Å². The van der Waals surface area contributed by atoms with Crippen molar-refractivity contribution in [1.29, 1.82) is 0 Å². The summed E-state index contributed by atoms with van der Waals surface area (Å²) in [6.07, 6.45) is 2.05. The van der Waals surface area contributed by atoms with Gasteiger partial charge in [0.15, 0.2) is 0 Å². The molecule has 2 rings (SSSR count). The van der Waals surface area contributed by atoms with Crippen molar-refractivity contribution in [2.24, 2.45) is 0 Å². The zero-order chi connectivity index (χ0) is 13.3. The molecule has 0 heterocycles. The van der Waals surface area contributed by atoms with Crippen LogP contribution in [0.15, 0.2) is 18.2 Å². The van der Waals surface area contributed by atoms with Gasteiger partial charge in [-0.15, -0.1) is 0 Å². The highest BCUT2D eigenvalue weighted by molar-refractivity contribution is 5.44. The molecule has 1 aliphatic rings. The number of aromatic hydroxyl groups is 1. The molecule has 0 aliphatic heterocycles. The van der Waals surface area contributed by atoms with Crippen molar-refractivity contribution in [3.8, 4) is 5.75 Å². The lowest BCUT2D eigenvalue weighted by Crippen LogP contribution is -2.47. The SMILES string of the molecule is CN(C)C(C)(C)CNC1CCc2c(O)cccc21. The maximum absolute atomic E-state index is 9.83. The van der Waals surface area contributed by atoms with E-state index >= 15 is 0 Å². The first kappa shape index (κ1) is 13.4. The molecule has 1 aromatic rings. The fraction of sp³-hybridized carbons (Fsp3) is 0.600. The van der Waals surface area contributed by atoms with Crippen LogP contribution in [0.4, 0.5) is 0 Å². The van der Waals surface area contributed by atoms with Gasteiger partial charge in [-0.05, 0) is 58.0 Å². The maximum Gasteiger partial charge on any atom is 0.119 e. The van der Waals surface area contributed by atoms with Crippen LogP contribution in [0, 0.1) is 0 Å². The molecule has 2 N–H and O–H groups in total. The molecule has 18 heavy (non-hydrogen) atoms. The van der Waals surface area contributed by atoms with E-state index in [9.17, 15) is 5.11 Å². The fourth-order valence-electron chi connectivity index (χ4n) is 2.38. The standard InChI is InChI=1S/C15H24N2O/c1-15(2,17(3)4)10-16-13-9-8-12-11(13)6-5-7-14(12)18/h5-7,13,16,18H,8-10H2,1-4H3. The van der Waals surface area contributed by atoms with Gasteiger partial charge in [-0.1, -0.05) is 12.1 Å². The summed E-state index contributed by atoms with van der Waals surface area (Å²) in [4.78, 5) is 2.23. The highest BCUT2D eigenvalue weighted by atomic mass is 16.3. The summed E-state index contributed by atoms with van der Waals surface area (Å²) in [7, 11) is 4.21. The van der Waals surface area contributed by atoms with Crippen molar-refractivity contribution in [2.75, 3.05) is 20.6 Å². The Kier molecular flexibility index (Phi) is 3.64. The van der Waals surface area contributed by atoms with Crippen LogP contribution < -0.4 is 5.32 Å². The van der Waals surface area contributed by atoms with E-state index in [0.717, 1.165) is 24.9 Å². The van der Waals surface area contributed by atoms with Crippen molar-refractivity contribution in [1.82, 2.24) is 10.2 Å². The quantitative estimate of drug-likeness (QED) is 0.858. The monoisotopic (exact) mass is 248 g/mol. The Morgan fingerprint density at radius 2 is 2.11 bits per heavy atom. The lowest BCUT2D eigenvalue weighted by atomic mass is 10.0. The molecule has 1 aliphatic carbocycles. The maximum atomic E-state index is 9.83. The first-order valence-electron chi connectivity index (χ1n) is 6.63. The molecule has 0 aromatic heterocycles. The van der Waals surface area contributed by atoms with Crippen molar-refractivity contribution >= 4 is 0 Å². The highest BCUT2D eigenvalue weighted by Crippen LogP contribution is 2.36. The van der Waals surface area contributed by atoms with E-state index in [1.807, 2.05) is 6.07 Å². The summed E-state index contributed by atoms with van der Waals surface area (Å²) in [6, 6.07) is 6.23. The minimum absolute atomic E-state index is 0.138. The third kappa shape index (κ3) is 2.52. The predicted molar refractivity (Wildman–Crippen MR) is 74.9 cm³/mol. The van der Waals surface area contributed by atoms with E-state index in [1.165, 1.54) is 5.56 Å². The van der Waals surface area contributed by atoms with Gasteiger partial charge in [-0.3, -0.25) is 0 Å². The number of nitrogens with zero attached hydrogens (tertiary/aromatic N) is 1. The number of phenols is 1. The molecule has 0 radical (unpaired) electrons. The smallest absolute Gasteiger partial charge is 0.119 e. The average Bonchev–Trinajstić information content (AvgIpc) is 2.71. The highest BCUT2D eigenvalue weighted by Gasteiger charge is 2.27. The van der Waals surface area contributed by atoms with E-state index in [4.69, 9.17) is 0 Å².